The zero-order chi connectivity index (χ0) is 14.5. The lowest BCUT2D eigenvalue weighted by Gasteiger charge is -2.29. The number of carbonyl (C=O) groups excluding carboxylic acids is 1. The first-order valence-corrected chi connectivity index (χ1v) is 8.00. The molecule has 2 heterocycles. The normalized spacial score (nSPS) is 17.3. The lowest BCUT2D eigenvalue weighted by atomic mass is 9.76. The van der Waals surface area contributed by atoms with Crippen molar-refractivity contribution < 1.29 is 4.79 Å². The third-order valence-electron chi connectivity index (χ3n) is 4.27. The van der Waals surface area contributed by atoms with Crippen LogP contribution in [0.5, 0.6) is 0 Å². The van der Waals surface area contributed by atoms with E-state index in [0.717, 1.165) is 18.5 Å². The second-order valence-corrected chi connectivity index (χ2v) is 7.70. The summed E-state index contributed by atoms with van der Waals surface area (Å²) < 4.78 is 2.34. The standard InChI is InChI=1S/C17H21NOS/c1-11-5-6-20-16(11)10-18-12(2)7-13-14(18)8-17(3,4)9-15(13)19/h5-7H,8-10H2,1-4H3. The van der Waals surface area contributed by atoms with E-state index in [1.54, 1.807) is 11.3 Å². The molecule has 3 heteroatoms. The number of thiophene rings is 1. The molecule has 0 fully saturated rings. The molecule has 0 saturated carbocycles. The molecule has 106 valence electrons. The smallest absolute Gasteiger partial charge is 0.165 e. The maximum atomic E-state index is 12.3. The largest absolute Gasteiger partial charge is 0.343 e. The van der Waals surface area contributed by atoms with Crippen molar-refractivity contribution in [2.45, 2.75) is 47.1 Å². The van der Waals surface area contributed by atoms with E-state index >= 15 is 0 Å². The molecule has 1 aliphatic rings. The second-order valence-electron chi connectivity index (χ2n) is 6.70. The number of hydrogen-bond donors (Lipinski definition) is 0. The minimum absolute atomic E-state index is 0.0805. The molecule has 0 aliphatic heterocycles. The Balaban J connectivity index is 2.05. The fraction of sp³-hybridized carbons (Fsp3) is 0.471. The Kier molecular flexibility index (Phi) is 3.13. The molecule has 0 aromatic carbocycles. The van der Waals surface area contributed by atoms with Crippen LogP contribution in [0.2, 0.25) is 0 Å². The number of aromatic nitrogens is 1. The van der Waals surface area contributed by atoms with Crippen LogP contribution in [0.1, 0.15) is 52.5 Å². The summed E-state index contributed by atoms with van der Waals surface area (Å²) in [4.78, 5) is 13.7. The highest BCUT2D eigenvalue weighted by Gasteiger charge is 2.33. The fourth-order valence-electron chi connectivity index (χ4n) is 3.14. The minimum Gasteiger partial charge on any atom is -0.343 e. The number of ketones is 1. The van der Waals surface area contributed by atoms with Gasteiger partial charge in [-0.25, -0.2) is 0 Å². The third kappa shape index (κ3) is 2.24. The van der Waals surface area contributed by atoms with Crippen LogP contribution >= 0.6 is 11.3 Å². The molecule has 0 radical (unpaired) electrons. The summed E-state index contributed by atoms with van der Waals surface area (Å²) in [6.45, 7) is 9.55. The number of hydrogen-bond acceptors (Lipinski definition) is 2. The van der Waals surface area contributed by atoms with Gasteiger partial charge < -0.3 is 4.57 Å². The van der Waals surface area contributed by atoms with Gasteiger partial charge in [0.25, 0.3) is 0 Å². The molecular weight excluding hydrogens is 266 g/mol. The van der Waals surface area contributed by atoms with Crippen LogP contribution < -0.4 is 0 Å². The molecular formula is C17H21NOS. The van der Waals surface area contributed by atoms with Crippen LogP contribution in [0.4, 0.5) is 0 Å². The Morgan fingerprint density at radius 3 is 2.70 bits per heavy atom. The van der Waals surface area contributed by atoms with E-state index in [-0.39, 0.29) is 5.41 Å². The summed E-state index contributed by atoms with van der Waals surface area (Å²) in [5.74, 6) is 0.306. The topological polar surface area (TPSA) is 22.0 Å². The molecule has 0 bridgehead atoms. The van der Waals surface area contributed by atoms with Gasteiger partial charge in [-0.05, 0) is 48.8 Å². The highest BCUT2D eigenvalue weighted by atomic mass is 32.1. The first-order valence-electron chi connectivity index (χ1n) is 7.12. The number of Topliss-reactive ketones (excluding diaryl/α,β-unsaturated/α-hetero) is 1. The average molecular weight is 287 g/mol. The number of fused-ring (bicyclic) bond motifs is 1. The second kappa shape index (κ2) is 4.59. The minimum atomic E-state index is 0.0805. The van der Waals surface area contributed by atoms with Crippen molar-refractivity contribution in [3.8, 4) is 0 Å². The van der Waals surface area contributed by atoms with Crippen molar-refractivity contribution in [3.05, 3.63) is 44.9 Å². The molecule has 0 N–H and O–H groups in total. The van der Waals surface area contributed by atoms with Crippen molar-refractivity contribution in [3.63, 3.8) is 0 Å². The molecule has 0 atom stereocenters. The van der Waals surface area contributed by atoms with Gasteiger partial charge in [0, 0.05) is 28.2 Å². The third-order valence-corrected chi connectivity index (χ3v) is 5.28. The fourth-order valence-corrected chi connectivity index (χ4v) is 4.03. The van der Waals surface area contributed by atoms with Gasteiger partial charge >= 0.3 is 0 Å². The van der Waals surface area contributed by atoms with Gasteiger partial charge in [0.1, 0.15) is 0 Å². The summed E-state index contributed by atoms with van der Waals surface area (Å²) in [5.41, 5.74) is 4.82. The van der Waals surface area contributed by atoms with E-state index in [1.165, 1.54) is 21.8 Å². The van der Waals surface area contributed by atoms with Gasteiger partial charge in [-0.3, -0.25) is 4.79 Å². The van der Waals surface area contributed by atoms with E-state index < -0.39 is 0 Å². The van der Waals surface area contributed by atoms with Crippen molar-refractivity contribution in [2.24, 2.45) is 5.41 Å². The molecule has 2 aromatic heterocycles. The van der Waals surface area contributed by atoms with Gasteiger partial charge in [0.15, 0.2) is 5.78 Å². The Labute approximate surface area is 124 Å². The average Bonchev–Trinajstić information content (AvgIpc) is 2.86. The highest BCUT2D eigenvalue weighted by Crippen LogP contribution is 2.36. The summed E-state index contributed by atoms with van der Waals surface area (Å²) >= 11 is 1.80. The zero-order valence-corrected chi connectivity index (χ0v) is 13.4. The summed E-state index contributed by atoms with van der Waals surface area (Å²) in [5, 5.41) is 2.14. The van der Waals surface area contributed by atoms with Crippen LogP contribution in [0.25, 0.3) is 0 Å². The van der Waals surface area contributed by atoms with E-state index in [4.69, 9.17) is 0 Å². The van der Waals surface area contributed by atoms with Gasteiger partial charge in [-0.1, -0.05) is 13.8 Å². The van der Waals surface area contributed by atoms with Gasteiger partial charge in [0.2, 0.25) is 0 Å². The van der Waals surface area contributed by atoms with Crippen molar-refractivity contribution in [1.82, 2.24) is 4.57 Å². The molecule has 0 unspecified atom stereocenters. The van der Waals surface area contributed by atoms with Crippen molar-refractivity contribution >= 4 is 17.1 Å². The van der Waals surface area contributed by atoms with Gasteiger partial charge in [-0.2, -0.15) is 0 Å². The number of nitrogens with zero attached hydrogens (tertiary/aromatic N) is 1. The molecule has 1 aliphatic carbocycles. The van der Waals surface area contributed by atoms with Crippen LogP contribution in [0.3, 0.4) is 0 Å². The Bertz CT molecular complexity index is 675. The maximum Gasteiger partial charge on any atom is 0.165 e. The Hall–Kier alpha value is -1.35. The van der Waals surface area contributed by atoms with E-state index in [1.807, 2.05) is 0 Å². The monoisotopic (exact) mass is 287 g/mol. The summed E-state index contributed by atoms with van der Waals surface area (Å²) in [7, 11) is 0. The SMILES string of the molecule is Cc1ccsc1Cn1c(C)cc2c1CC(C)(C)CC2=O. The van der Waals surface area contributed by atoms with Crippen LogP contribution in [0.15, 0.2) is 17.5 Å². The summed E-state index contributed by atoms with van der Waals surface area (Å²) in [6, 6.07) is 4.25. The maximum absolute atomic E-state index is 12.3. The Morgan fingerprint density at radius 2 is 2.05 bits per heavy atom. The predicted molar refractivity (Wildman–Crippen MR) is 83.8 cm³/mol. The van der Waals surface area contributed by atoms with Gasteiger partial charge in [0.05, 0.1) is 6.54 Å². The van der Waals surface area contributed by atoms with Crippen molar-refractivity contribution in [2.75, 3.05) is 0 Å². The van der Waals surface area contributed by atoms with E-state index in [9.17, 15) is 4.79 Å². The Morgan fingerprint density at radius 1 is 1.30 bits per heavy atom. The molecule has 20 heavy (non-hydrogen) atoms. The molecule has 2 aromatic rings. The lowest BCUT2D eigenvalue weighted by molar-refractivity contribution is 0.0910. The number of carbonyl (C=O) groups is 1. The summed E-state index contributed by atoms with van der Waals surface area (Å²) in [6.07, 6.45) is 1.66. The van der Waals surface area contributed by atoms with Crippen LogP contribution in [0, 0.1) is 19.3 Å². The predicted octanol–water partition coefficient (Wildman–Crippen LogP) is 4.37. The van der Waals surface area contributed by atoms with E-state index in [2.05, 4.69) is 49.8 Å². The molecule has 0 spiro atoms. The lowest BCUT2D eigenvalue weighted by Crippen LogP contribution is -2.28. The van der Waals surface area contributed by atoms with Gasteiger partial charge in [-0.15, -0.1) is 11.3 Å². The van der Waals surface area contributed by atoms with Crippen molar-refractivity contribution in [1.29, 1.82) is 0 Å². The number of rotatable bonds is 2. The first-order chi connectivity index (χ1) is 9.37. The van der Waals surface area contributed by atoms with Crippen LogP contribution in [-0.4, -0.2) is 10.4 Å². The molecule has 3 rings (SSSR count). The van der Waals surface area contributed by atoms with E-state index in [0.29, 0.717) is 12.2 Å². The van der Waals surface area contributed by atoms with Crippen LogP contribution in [-0.2, 0) is 13.0 Å². The first kappa shape index (κ1) is 13.6. The zero-order valence-electron chi connectivity index (χ0n) is 12.6. The number of aryl methyl sites for hydroxylation is 2. The molecule has 2 nitrogen and oxygen atoms in total. The molecule has 0 saturated heterocycles. The molecule has 0 amide bonds. The highest BCUT2D eigenvalue weighted by molar-refractivity contribution is 7.10. The quantitative estimate of drug-likeness (QED) is 0.804.